The zero-order chi connectivity index (χ0) is 35.9. The number of nitroso groups, excluding NO2 is 1. The molecule has 1 amide bonds. The molecule has 0 spiro atoms. The lowest BCUT2D eigenvalue weighted by Gasteiger charge is -2.23. The molecular weight excluding hydrogens is 590 g/mol. The zero-order valence-electron chi connectivity index (χ0n) is 30.9. The van der Waals surface area contributed by atoms with Gasteiger partial charge in [-0.05, 0) is 94.5 Å². The van der Waals surface area contributed by atoms with Crippen LogP contribution in [0.3, 0.4) is 0 Å². The Bertz CT molecular complexity index is 1020. The summed E-state index contributed by atoms with van der Waals surface area (Å²) in [5.74, 6) is 0.988. The minimum Gasteiger partial charge on any atom is -0.387 e. The van der Waals surface area contributed by atoms with Crippen molar-refractivity contribution in [2.45, 2.75) is 92.5 Å². The van der Waals surface area contributed by atoms with Crippen molar-refractivity contribution < 1.29 is 19.4 Å². The van der Waals surface area contributed by atoms with Crippen molar-refractivity contribution >= 4 is 5.91 Å². The van der Waals surface area contributed by atoms with Crippen molar-refractivity contribution in [3.63, 3.8) is 0 Å². The molecule has 2 rings (SSSR count). The topological polar surface area (TPSA) is 109 Å². The molecule has 1 aliphatic rings. The summed E-state index contributed by atoms with van der Waals surface area (Å²) >= 11 is 0. The quantitative estimate of drug-likeness (QED) is 0.0840. The van der Waals surface area contributed by atoms with Crippen molar-refractivity contribution in [1.29, 1.82) is 0 Å². The minimum atomic E-state index is -0.462. The highest BCUT2D eigenvalue weighted by Crippen LogP contribution is 2.29. The van der Waals surface area contributed by atoms with Crippen molar-refractivity contribution in [1.82, 2.24) is 10.6 Å². The average molecular weight is 658 g/mol. The fourth-order valence-corrected chi connectivity index (χ4v) is 4.87. The van der Waals surface area contributed by atoms with E-state index >= 15 is 0 Å². The van der Waals surface area contributed by atoms with Gasteiger partial charge in [-0.3, -0.25) is 4.79 Å². The number of aliphatic hydroxyl groups is 1. The van der Waals surface area contributed by atoms with Gasteiger partial charge < -0.3 is 25.2 Å². The molecule has 1 aromatic carbocycles. The number of nitrogens with one attached hydrogen (secondary N) is 2. The fraction of sp³-hybridized carbons (Fsp3) is 0.615. The molecule has 47 heavy (non-hydrogen) atoms. The molecule has 0 saturated carbocycles. The maximum Gasteiger partial charge on any atom is 0.245 e. The lowest BCUT2D eigenvalue weighted by molar-refractivity contribution is -0.123. The van der Waals surface area contributed by atoms with Crippen LogP contribution in [0.15, 0.2) is 78.1 Å². The van der Waals surface area contributed by atoms with Gasteiger partial charge in [0.25, 0.3) is 0 Å². The molecule has 3 unspecified atom stereocenters. The van der Waals surface area contributed by atoms with E-state index in [1.807, 2.05) is 58.1 Å². The Morgan fingerprint density at radius 3 is 2.47 bits per heavy atom. The second-order valence-corrected chi connectivity index (χ2v) is 11.8. The lowest BCUT2D eigenvalue weighted by Crippen LogP contribution is -2.37. The van der Waals surface area contributed by atoms with Gasteiger partial charge in [0.1, 0.15) is 6.61 Å². The number of amides is 1. The van der Waals surface area contributed by atoms with E-state index < -0.39 is 6.61 Å². The second kappa shape index (κ2) is 31.7. The molecule has 0 aromatic heterocycles. The van der Waals surface area contributed by atoms with Gasteiger partial charge in [-0.2, -0.15) is 4.91 Å². The molecule has 1 saturated heterocycles. The number of nitrogens with zero attached hydrogens (tertiary/aromatic N) is 1. The van der Waals surface area contributed by atoms with Crippen LogP contribution in [0.25, 0.3) is 0 Å². The van der Waals surface area contributed by atoms with E-state index in [1.54, 1.807) is 7.11 Å². The number of carbonyl (C=O) groups is 1. The first-order valence-corrected chi connectivity index (χ1v) is 17.3. The molecular formula is C39H67N3O5. The zero-order valence-corrected chi connectivity index (χ0v) is 30.9. The molecule has 0 bridgehead atoms. The van der Waals surface area contributed by atoms with Gasteiger partial charge in [0.05, 0.1) is 25.9 Å². The number of carbonyl (C=O) groups excluding carboxylic acids is 1. The van der Waals surface area contributed by atoms with Gasteiger partial charge in [-0.25, -0.2) is 0 Å². The van der Waals surface area contributed by atoms with Crippen molar-refractivity contribution in [2.24, 2.45) is 17.0 Å². The van der Waals surface area contributed by atoms with Gasteiger partial charge in [-0.15, -0.1) is 13.2 Å². The summed E-state index contributed by atoms with van der Waals surface area (Å²) in [6.07, 6.45) is 12.7. The van der Waals surface area contributed by atoms with Gasteiger partial charge >= 0.3 is 0 Å². The fourth-order valence-electron chi connectivity index (χ4n) is 4.87. The SMILES string of the molecule is C/C=C\C=C(/C)COCC(CC)COC.C=CCC(CC(=C)C)c1ccccc1CCNC(=O)CO.CC.CC1CNCC[C@H]1N=O. The number of hydrogen-bond donors (Lipinski definition) is 3. The molecule has 1 aliphatic heterocycles. The number of rotatable bonds is 18. The predicted octanol–water partition coefficient (Wildman–Crippen LogP) is 7.94. The van der Waals surface area contributed by atoms with Crippen LogP contribution in [0.5, 0.6) is 0 Å². The maximum atomic E-state index is 11.1. The highest BCUT2D eigenvalue weighted by molar-refractivity contribution is 5.76. The van der Waals surface area contributed by atoms with Crippen LogP contribution in [-0.2, 0) is 20.7 Å². The minimum absolute atomic E-state index is 0.0613. The summed E-state index contributed by atoms with van der Waals surface area (Å²) in [6.45, 7) is 26.4. The molecule has 8 heteroatoms. The number of benzene rings is 1. The Hall–Kier alpha value is -2.91. The molecule has 8 nitrogen and oxygen atoms in total. The van der Waals surface area contributed by atoms with Crippen LogP contribution in [0.1, 0.15) is 91.2 Å². The number of hydrogen-bond acceptors (Lipinski definition) is 7. The Morgan fingerprint density at radius 2 is 1.94 bits per heavy atom. The Labute approximate surface area is 287 Å². The number of piperidine rings is 1. The monoisotopic (exact) mass is 658 g/mol. The molecule has 4 atom stereocenters. The Balaban J connectivity index is 0. The first kappa shape index (κ1) is 46.2. The summed E-state index contributed by atoms with van der Waals surface area (Å²) in [7, 11) is 1.74. The third kappa shape index (κ3) is 24.0. The molecule has 1 heterocycles. The van der Waals surface area contributed by atoms with Crippen LogP contribution in [0, 0.1) is 16.7 Å². The predicted molar refractivity (Wildman–Crippen MR) is 200 cm³/mol. The van der Waals surface area contributed by atoms with Gasteiger partial charge in [0, 0.05) is 19.6 Å². The normalized spacial score (nSPS) is 17.0. The third-order valence-corrected chi connectivity index (χ3v) is 7.51. The lowest BCUT2D eigenvalue weighted by atomic mass is 9.86. The van der Waals surface area contributed by atoms with Crippen molar-refractivity contribution in [3.05, 3.63) is 88.9 Å². The highest BCUT2D eigenvalue weighted by atomic mass is 16.5. The number of methoxy groups -OCH3 is 1. The highest BCUT2D eigenvalue weighted by Gasteiger charge is 2.20. The molecule has 0 radical (unpaired) electrons. The second-order valence-electron chi connectivity index (χ2n) is 11.8. The van der Waals surface area contributed by atoms with Crippen molar-refractivity contribution in [2.75, 3.05) is 53.2 Å². The molecule has 1 fully saturated rings. The summed E-state index contributed by atoms with van der Waals surface area (Å²) in [6, 6.07) is 8.35. The van der Waals surface area contributed by atoms with E-state index in [-0.39, 0.29) is 11.9 Å². The van der Waals surface area contributed by atoms with Gasteiger partial charge in [0.2, 0.25) is 5.91 Å². The van der Waals surface area contributed by atoms with E-state index in [0.717, 1.165) is 64.0 Å². The summed E-state index contributed by atoms with van der Waals surface area (Å²) in [4.78, 5) is 21.2. The van der Waals surface area contributed by atoms with E-state index in [1.165, 1.54) is 16.7 Å². The molecule has 1 aromatic rings. The molecule has 268 valence electrons. The first-order valence-electron chi connectivity index (χ1n) is 17.3. The summed E-state index contributed by atoms with van der Waals surface area (Å²) < 4.78 is 10.7. The van der Waals surface area contributed by atoms with E-state index in [4.69, 9.17) is 14.6 Å². The standard InChI is InChI=1S/C18H25NO2.C13H24O2.C6H12N2O.C2H6/c1-4-7-16(12-14(2)3)17-9-6-5-8-15(17)10-11-19-18(21)13-20;1-5-7-8-12(3)9-15-11-13(6-2)10-14-4;1-5-4-7-3-2-6(5)8-9;1-2/h4-6,8-9,16,20H,1-2,7,10-13H2,3H3,(H,19,21);5,7-8,13H,6,9-11H2,1-4H3;5-7H,2-4H2,1H3;1-2H3/b;7-5-,12-8+;;/t;;5?,6-;/m..1./s1. The van der Waals surface area contributed by atoms with E-state index in [9.17, 15) is 9.70 Å². The summed E-state index contributed by atoms with van der Waals surface area (Å²) in [5.41, 5.74) is 4.92. The van der Waals surface area contributed by atoms with Crippen LogP contribution >= 0.6 is 0 Å². The van der Waals surface area contributed by atoms with E-state index in [2.05, 4.69) is 67.9 Å². The Kier molecular flexibility index (Phi) is 31.1. The van der Waals surface area contributed by atoms with Gasteiger partial charge in [0.15, 0.2) is 0 Å². The van der Waals surface area contributed by atoms with Crippen LogP contribution < -0.4 is 10.6 Å². The van der Waals surface area contributed by atoms with Crippen LogP contribution in [0.2, 0.25) is 0 Å². The number of ether oxygens (including phenoxy) is 2. The molecule has 0 aliphatic carbocycles. The number of aliphatic hydroxyl groups excluding tert-OH is 1. The number of allylic oxidation sites excluding steroid dienone is 5. The molecule has 3 N–H and O–H groups in total. The van der Waals surface area contributed by atoms with Gasteiger partial charge in [-0.1, -0.05) is 87.0 Å². The largest absolute Gasteiger partial charge is 0.387 e. The Morgan fingerprint density at radius 1 is 1.23 bits per heavy atom. The third-order valence-electron chi connectivity index (χ3n) is 7.51. The van der Waals surface area contributed by atoms with E-state index in [0.29, 0.717) is 30.9 Å². The van der Waals surface area contributed by atoms with Crippen LogP contribution in [-0.4, -0.2) is 70.2 Å². The smallest absolute Gasteiger partial charge is 0.245 e. The van der Waals surface area contributed by atoms with Crippen LogP contribution in [0.4, 0.5) is 0 Å². The van der Waals surface area contributed by atoms with Crippen molar-refractivity contribution in [3.8, 4) is 0 Å². The maximum absolute atomic E-state index is 11.1. The average Bonchev–Trinajstić information content (AvgIpc) is 3.08. The summed E-state index contributed by atoms with van der Waals surface area (Å²) in [5, 5.41) is 17.6. The first-order chi connectivity index (χ1) is 22.7.